The molecule has 0 radical (unpaired) electrons. The van der Waals surface area contributed by atoms with E-state index in [4.69, 9.17) is 0 Å². The fourth-order valence-electron chi connectivity index (χ4n) is 1.86. The lowest BCUT2D eigenvalue weighted by molar-refractivity contribution is -0.116. The Balaban J connectivity index is 1.94. The van der Waals surface area contributed by atoms with Gasteiger partial charge in [-0.25, -0.2) is 0 Å². The molecule has 1 N–H and O–H groups in total. The summed E-state index contributed by atoms with van der Waals surface area (Å²) in [6.45, 7) is 7.19. The molecule has 23 heavy (non-hydrogen) atoms. The van der Waals surface area contributed by atoms with Gasteiger partial charge < -0.3 is 10.2 Å². The number of hydrogen-bond acceptors (Lipinski definition) is 6. The first kappa shape index (κ1) is 17.5. The van der Waals surface area contributed by atoms with E-state index in [1.807, 2.05) is 30.3 Å². The maximum absolute atomic E-state index is 12.5. The van der Waals surface area contributed by atoms with E-state index in [9.17, 15) is 4.79 Å². The second kappa shape index (κ2) is 9.32. The molecule has 5 nitrogen and oxygen atoms in total. The molecule has 2 rings (SSSR count). The predicted molar refractivity (Wildman–Crippen MR) is 98.4 cm³/mol. The van der Waals surface area contributed by atoms with Crippen molar-refractivity contribution in [3.05, 3.63) is 43.0 Å². The zero-order valence-electron chi connectivity index (χ0n) is 13.1. The normalized spacial score (nSPS) is 10.3. The van der Waals surface area contributed by atoms with Crippen molar-refractivity contribution < 1.29 is 4.79 Å². The summed E-state index contributed by atoms with van der Waals surface area (Å²) in [7, 11) is 0. The van der Waals surface area contributed by atoms with E-state index in [1.165, 1.54) is 23.1 Å². The molecule has 1 aromatic carbocycles. The fourth-order valence-corrected chi connectivity index (χ4v) is 3.51. The Hall–Kier alpha value is -1.86. The first-order valence-corrected chi connectivity index (χ1v) is 9.21. The Morgan fingerprint density at radius 1 is 1.39 bits per heavy atom. The molecule has 1 heterocycles. The minimum atomic E-state index is 0.0272. The number of benzene rings is 1. The SMILES string of the molecule is C=CCN(C(=O)CSc1nnc(NCCC)s1)c1ccccc1. The van der Waals surface area contributed by atoms with E-state index in [0.29, 0.717) is 12.3 Å². The highest BCUT2D eigenvalue weighted by Crippen LogP contribution is 2.26. The number of hydrogen-bond donors (Lipinski definition) is 1. The highest BCUT2D eigenvalue weighted by Gasteiger charge is 2.15. The summed E-state index contributed by atoms with van der Waals surface area (Å²) in [6, 6.07) is 9.61. The van der Waals surface area contributed by atoms with Gasteiger partial charge in [-0.15, -0.1) is 16.8 Å². The summed E-state index contributed by atoms with van der Waals surface area (Å²) in [5.74, 6) is 0.352. The van der Waals surface area contributed by atoms with Gasteiger partial charge >= 0.3 is 0 Å². The molecule has 0 atom stereocenters. The minimum Gasteiger partial charge on any atom is -0.360 e. The third kappa shape index (κ3) is 5.37. The molecular weight excluding hydrogens is 328 g/mol. The van der Waals surface area contributed by atoms with E-state index in [-0.39, 0.29) is 5.91 Å². The second-order valence-corrected chi connectivity index (χ2v) is 6.92. The lowest BCUT2D eigenvalue weighted by Crippen LogP contribution is -2.32. The van der Waals surface area contributed by atoms with Crippen molar-refractivity contribution in [2.75, 3.05) is 29.1 Å². The standard InChI is InChI=1S/C16H20N4OS2/c1-3-10-17-15-18-19-16(23-15)22-12-14(21)20(11-4-2)13-8-6-5-7-9-13/h4-9H,2-3,10-12H2,1H3,(H,17,18). The van der Waals surface area contributed by atoms with Crippen molar-refractivity contribution in [2.24, 2.45) is 0 Å². The average Bonchev–Trinajstić information content (AvgIpc) is 3.04. The Kier molecular flexibility index (Phi) is 7.09. The van der Waals surface area contributed by atoms with Crippen LogP contribution in [0.1, 0.15) is 13.3 Å². The topological polar surface area (TPSA) is 58.1 Å². The first-order chi connectivity index (χ1) is 11.2. The van der Waals surface area contributed by atoms with E-state index in [0.717, 1.165) is 28.1 Å². The number of carbonyl (C=O) groups is 1. The van der Waals surface area contributed by atoms with Crippen molar-refractivity contribution in [1.82, 2.24) is 10.2 Å². The van der Waals surface area contributed by atoms with Crippen LogP contribution in [0.2, 0.25) is 0 Å². The molecule has 7 heteroatoms. The summed E-state index contributed by atoms with van der Waals surface area (Å²) in [6.07, 6.45) is 2.77. The number of amides is 1. The molecule has 1 amide bonds. The Labute approximate surface area is 144 Å². The number of nitrogens with zero attached hydrogens (tertiary/aromatic N) is 3. The van der Waals surface area contributed by atoms with E-state index < -0.39 is 0 Å². The number of nitrogens with one attached hydrogen (secondary N) is 1. The summed E-state index contributed by atoms with van der Waals surface area (Å²) >= 11 is 2.89. The van der Waals surface area contributed by atoms with Gasteiger partial charge in [0.1, 0.15) is 0 Å². The number of thioether (sulfide) groups is 1. The van der Waals surface area contributed by atoms with Crippen LogP contribution < -0.4 is 10.2 Å². The van der Waals surface area contributed by atoms with Gasteiger partial charge in [-0.05, 0) is 18.6 Å². The van der Waals surface area contributed by atoms with Crippen molar-refractivity contribution in [3.8, 4) is 0 Å². The summed E-state index contributed by atoms with van der Waals surface area (Å²) < 4.78 is 0.795. The zero-order valence-corrected chi connectivity index (χ0v) is 14.7. The third-order valence-electron chi connectivity index (χ3n) is 2.93. The van der Waals surface area contributed by atoms with Crippen molar-refractivity contribution in [1.29, 1.82) is 0 Å². The third-order valence-corrected chi connectivity index (χ3v) is 4.93. The van der Waals surface area contributed by atoms with Gasteiger partial charge in [-0.2, -0.15) is 0 Å². The summed E-state index contributed by atoms with van der Waals surface area (Å²) in [5.41, 5.74) is 0.876. The predicted octanol–water partition coefficient (Wildman–Crippen LogP) is 3.67. The van der Waals surface area contributed by atoms with Crippen LogP contribution in [0.25, 0.3) is 0 Å². The number of carbonyl (C=O) groups excluding carboxylic acids is 1. The lowest BCUT2D eigenvalue weighted by Gasteiger charge is -2.20. The van der Waals surface area contributed by atoms with Gasteiger partial charge in [0, 0.05) is 18.8 Å². The highest BCUT2D eigenvalue weighted by molar-refractivity contribution is 8.01. The van der Waals surface area contributed by atoms with Crippen LogP contribution in [0.4, 0.5) is 10.8 Å². The number of anilines is 2. The Bertz CT molecular complexity index is 630. The summed E-state index contributed by atoms with van der Waals surface area (Å²) in [4.78, 5) is 14.2. The zero-order chi connectivity index (χ0) is 16.5. The van der Waals surface area contributed by atoms with Crippen molar-refractivity contribution in [2.45, 2.75) is 17.7 Å². The minimum absolute atomic E-state index is 0.0272. The van der Waals surface area contributed by atoms with Gasteiger partial charge in [0.15, 0.2) is 4.34 Å². The van der Waals surface area contributed by atoms with E-state index >= 15 is 0 Å². The monoisotopic (exact) mass is 348 g/mol. The molecule has 1 aromatic heterocycles. The van der Waals surface area contributed by atoms with E-state index in [2.05, 4.69) is 29.0 Å². The second-order valence-electron chi connectivity index (χ2n) is 4.72. The largest absolute Gasteiger partial charge is 0.360 e. The lowest BCUT2D eigenvalue weighted by atomic mass is 10.3. The quantitative estimate of drug-likeness (QED) is 0.553. The molecule has 0 bridgehead atoms. The van der Waals surface area contributed by atoms with Crippen LogP contribution in [-0.2, 0) is 4.79 Å². The maximum atomic E-state index is 12.5. The molecule has 0 saturated heterocycles. The van der Waals surface area contributed by atoms with Gasteiger partial charge in [-0.1, -0.05) is 54.3 Å². The Morgan fingerprint density at radius 2 is 2.17 bits per heavy atom. The van der Waals surface area contributed by atoms with Crippen molar-refractivity contribution >= 4 is 39.8 Å². The van der Waals surface area contributed by atoms with Gasteiger partial charge in [-0.3, -0.25) is 4.79 Å². The molecule has 0 aliphatic carbocycles. The molecule has 122 valence electrons. The van der Waals surface area contributed by atoms with Gasteiger partial charge in [0.2, 0.25) is 11.0 Å². The smallest absolute Gasteiger partial charge is 0.237 e. The summed E-state index contributed by atoms with van der Waals surface area (Å²) in [5, 5.41) is 12.2. The molecule has 2 aromatic rings. The molecule has 0 aliphatic rings. The molecule has 0 saturated carbocycles. The number of aromatic nitrogens is 2. The van der Waals surface area contributed by atoms with Crippen LogP contribution in [0.5, 0.6) is 0 Å². The molecule has 0 fully saturated rings. The van der Waals surface area contributed by atoms with Crippen LogP contribution in [0.15, 0.2) is 47.3 Å². The fraction of sp³-hybridized carbons (Fsp3) is 0.312. The number of rotatable bonds is 9. The van der Waals surface area contributed by atoms with E-state index in [1.54, 1.807) is 11.0 Å². The van der Waals surface area contributed by atoms with Crippen LogP contribution in [0, 0.1) is 0 Å². The molecule has 0 spiro atoms. The van der Waals surface area contributed by atoms with Crippen molar-refractivity contribution in [3.63, 3.8) is 0 Å². The molecule has 0 unspecified atom stereocenters. The van der Waals surface area contributed by atoms with Gasteiger partial charge in [0.05, 0.1) is 5.75 Å². The average molecular weight is 348 g/mol. The van der Waals surface area contributed by atoms with Crippen LogP contribution in [0.3, 0.4) is 0 Å². The van der Waals surface area contributed by atoms with Crippen LogP contribution in [-0.4, -0.2) is 34.9 Å². The number of para-hydroxylation sites is 1. The highest BCUT2D eigenvalue weighted by atomic mass is 32.2. The Morgan fingerprint density at radius 3 is 2.87 bits per heavy atom. The van der Waals surface area contributed by atoms with Crippen LogP contribution >= 0.6 is 23.1 Å². The maximum Gasteiger partial charge on any atom is 0.237 e. The first-order valence-electron chi connectivity index (χ1n) is 7.41. The molecular formula is C16H20N4OS2. The molecule has 0 aliphatic heterocycles. The van der Waals surface area contributed by atoms with Gasteiger partial charge in [0.25, 0.3) is 0 Å².